The molecule has 1 N–H and O–H groups in total. The van der Waals surface area contributed by atoms with Crippen molar-refractivity contribution >= 4 is 28.0 Å². The maximum absolute atomic E-state index is 10.8. The molecule has 0 aliphatic rings. The van der Waals surface area contributed by atoms with Crippen LogP contribution in [0.1, 0.15) is 22.3 Å². The van der Waals surface area contributed by atoms with Gasteiger partial charge >= 0.3 is 5.97 Å². The summed E-state index contributed by atoms with van der Waals surface area (Å²) < 4.78 is 0.549. The maximum atomic E-state index is 10.8. The SMILES string of the molecule is N#CCC=Cc1ccc(Br)c(C(=O)O)c1. The molecule has 0 spiro atoms. The van der Waals surface area contributed by atoms with Crippen molar-refractivity contribution in [2.45, 2.75) is 6.42 Å². The van der Waals surface area contributed by atoms with E-state index in [4.69, 9.17) is 10.4 Å². The van der Waals surface area contributed by atoms with Crippen LogP contribution in [-0.4, -0.2) is 11.1 Å². The molecule has 3 nitrogen and oxygen atoms in total. The standard InChI is InChI=1S/C11H8BrNO2/c12-10-5-4-8(3-1-2-6-13)7-9(10)11(14)15/h1,3-5,7H,2H2,(H,14,15). The van der Waals surface area contributed by atoms with Gasteiger partial charge in [-0.05, 0) is 33.6 Å². The molecule has 0 saturated heterocycles. The zero-order valence-corrected chi connectivity index (χ0v) is 9.36. The molecule has 0 bridgehead atoms. The number of carboxylic acids is 1. The first kappa shape index (κ1) is 11.5. The van der Waals surface area contributed by atoms with Gasteiger partial charge in [-0.3, -0.25) is 0 Å². The summed E-state index contributed by atoms with van der Waals surface area (Å²) in [6.45, 7) is 0. The predicted octanol–water partition coefficient (Wildman–Crippen LogP) is 3.07. The molecule has 0 heterocycles. The van der Waals surface area contributed by atoms with Crippen molar-refractivity contribution in [3.05, 3.63) is 39.9 Å². The Morgan fingerprint density at radius 3 is 2.93 bits per heavy atom. The highest BCUT2D eigenvalue weighted by Gasteiger charge is 2.07. The Hall–Kier alpha value is -1.60. The van der Waals surface area contributed by atoms with Crippen molar-refractivity contribution < 1.29 is 9.90 Å². The second-order valence-electron chi connectivity index (χ2n) is 2.81. The fourth-order valence-electron chi connectivity index (χ4n) is 1.06. The number of hydrogen-bond donors (Lipinski definition) is 1. The van der Waals surface area contributed by atoms with Gasteiger partial charge < -0.3 is 5.11 Å². The number of nitrogens with zero attached hydrogens (tertiary/aromatic N) is 1. The van der Waals surface area contributed by atoms with Crippen LogP contribution in [-0.2, 0) is 0 Å². The Morgan fingerprint density at radius 2 is 2.33 bits per heavy atom. The van der Waals surface area contributed by atoms with Crippen molar-refractivity contribution in [1.82, 2.24) is 0 Å². The van der Waals surface area contributed by atoms with Crippen molar-refractivity contribution in [3.63, 3.8) is 0 Å². The Bertz CT molecular complexity index is 446. The zero-order chi connectivity index (χ0) is 11.3. The highest BCUT2D eigenvalue weighted by atomic mass is 79.9. The van der Waals surface area contributed by atoms with Crippen molar-refractivity contribution in [1.29, 1.82) is 5.26 Å². The summed E-state index contributed by atoms with van der Waals surface area (Å²) in [5, 5.41) is 17.2. The van der Waals surface area contributed by atoms with Gasteiger partial charge in [-0.2, -0.15) is 5.26 Å². The Balaban J connectivity index is 2.98. The molecule has 0 unspecified atom stereocenters. The van der Waals surface area contributed by atoms with Gasteiger partial charge in [0.15, 0.2) is 0 Å². The van der Waals surface area contributed by atoms with Gasteiger partial charge in [0, 0.05) is 4.47 Å². The van der Waals surface area contributed by atoms with Gasteiger partial charge in [0.25, 0.3) is 0 Å². The van der Waals surface area contributed by atoms with Gasteiger partial charge in [0.2, 0.25) is 0 Å². The minimum absolute atomic E-state index is 0.217. The zero-order valence-electron chi connectivity index (χ0n) is 7.77. The molecule has 0 aliphatic carbocycles. The van der Waals surface area contributed by atoms with Crippen LogP contribution in [0.25, 0.3) is 6.08 Å². The second-order valence-corrected chi connectivity index (χ2v) is 3.66. The van der Waals surface area contributed by atoms with E-state index >= 15 is 0 Å². The Morgan fingerprint density at radius 1 is 1.60 bits per heavy atom. The monoisotopic (exact) mass is 265 g/mol. The molecule has 15 heavy (non-hydrogen) atoms. The number of allylic oxidation sites excluding steroid dienone is 1. The predicted molar refractivity (Wildman–Crippen MR) is 60.4 cm³/mol. The molecular formula is C11H8BrNO2. The molecule has 0 aromatic heterocycles. The normalized spacial score (nSPS) is 10.1. The number of carbonyl (C=O) groups is 1. The third-order valence-corrected chi connectivity index (χ3v) is 2.43. The highest BCUT2D eigenvalue weighted by Crippen LogP contribution is 2.19. The number of carboxylic acid groups (broad SMARTS) is 1. The summed E-state index contributed by atoms with van der Waals surface area (Å²) in [4.78, 5) is 10.8. The molecule has 76 valence electrons. The fourth-order valence-corrected chi connectivity index (χ4v) is 1.47. The maximum Gasteiger partial charge on any atom is 0.336 e. The van der Waals surface area contributed by atoms with E-state index in [9.17, 15) is 4.79 Å². The van der Waals surface area contributed by atoms with E-state index in [1.54, 1.807) is 30.4 Å². The molecule has 0 fully saturated rings. The lowest BCUT2D eigenvalue weighted by Gasteiger charge is -2.00. The summed E-state index contributed by atoms with van der Waals surface area (Å²) >= 11 is 3.16. The lowest BCUT2D eigenvalue weighted by atomic mass is 10.1. The number of hydrogen-bond acceptors (Lipinski definition) is 2. The van der Waals surface area contributed by atoms with Crippen LogP contribution in [0.4, 0.5) is 0 Å². The van der Waals surface area contributed by atoms with E-state index in [0.29, 0.717) is 10.9 Å². The summed E-state index contributed by atoms with van der Waals surface area (Å²) in [5.74, 6) is -0.975. The summed E-state index contributed by atoms with van der Waals surface area (Å²) in [5.41, 5.74) is 0.986. The van der Waals surface area contributed by atoms with Gasteiger partial charge in [0.1, 0.15) is 0 Å². The molecule has 4 heteroatoms. The number of rotatable bonds is 3. The van der Waals surface area contributed by atoms with E-state index in [-0.39, 0.29) is 5.56 Å². The highest BCUT2D eigenvalue weighted by molar-refractivity contribution is 9.10. The van der Waals surface area contributed by atoms with E-state index in [1.165, 1.54) is 0 Å². The molecule has 1 aromatic carbocycles. The summed E-state index contributed by atoms with van der Waals surface area (Å²) in [7, 11) is 0. The Kier molecular flexibility index (Phi) is 4.07. The topological polar surface area (TPSA) is 61.1 Å². The van der Waals surface area contributed by atoms with E-state index in [2.05, 4.69) is 15.9 Å². The molecule has 1 aromatic rings. The molecule has 0 saturated carbocycles. The first-order valence-electron chi connectivity index (χ1n) is 4.21. The first-order chi connectivity index (χ1) is 7.15. The lowest BCUT2D eigenvalue weighted by molar-refractivity contribution is 0.0696. The van der Waals surface area contributed by atoms with Gasteiger partial charge in [-0.15, -0.1) is 0 Å². The number of benzene rings is 1. The van der Waals surface area contributed by atoms with E-state index < -0.39 is 5.97 Å². The minimum Gasteiger partial charge on any atom is -0.478 e. The molecule has 0 aliphatic heterocycles. The van der Waals surface area contributed by atoms with Crippen LogP contribution < -0.4 is 0 Å². The summed E-state index contributed by atoms with van der Waals surface area (Å²) in [6, 6.07) is 6.99. The molecule has 0 atom stereocenters. The van der Waals surface area contributed by atoms with Crippen LogP contribution >= 0.6 is 15.9 Å². The number of nitriles is 1. The lowest BCUT2D eigenvalue weighted by Crippen LogP contribution is -1.97. The largest absolute Gasteiger partial charge is 0.478 e. The molecule has 0 amide bonds. The third-order valence-electron chi connectivity index (χ3n) is 1.74. The van der Waals surface area contributed by atoms with Gasteiger partial charge in [-0.1, -0.05) is 18.2 Å². The quantitative estimate of drug-likeness (QED) is 0.914. The molecule has 1 rings (SSSR count). The first-order valence-corrected chi connectivity index (χ1v) is 5.01. The Labute approximate surface area is 95.8 Å². The van der Waals surface area contributed by atoms with Crippen LogP contribution in [0.15, 0.2) is 28.7 Å². The van der Waals surface area contributed by atoms with Gasteiger partial charge in [0.05, 0.1) is 18.1 Å². The number of halogens is 1. The average Bonchev–Trinajstić information content (AvgIpc) is 2.20. The van der Waals surface area contributed by atoms with Crippen LogP contribution in [0.3, 0.4) is 0 Å². The van der Waals surface area contributed by atoms with E-state index in [1.807, 2.05) is 6.07 Å². The van der Waals surface area contributed by atoms with Crippen LogP contribution in [0.2, 0.25) is 0 Å². The smallest absolute Gasteiger partial charge is 0.336 e. The molecular weight excluding hydrogens is 258 g/mol. The third kappa shape index (κ3) is 3.22. The van der Waals surface area contributed by atoms with Gasteiger partial charge in [-0.25, -0.2) is 4.79 Å². The second kappa shape index (κ2) is 5.32. The van der Waals surface area contributed by atoms with Crippen molar-refractivity contribution in [2.24, 2.45) is 0 Å². The average molecular weight is 266 g/mol. The fraction of sp³-hybridized carbons (Fsp3) is 0.0909. The van der Waals surface area contributed by atoms with Crippen LogP contribution in [0.5, 0.6) is 0 Å². The van der Waals surface area contributed by atoms with Crippen molar-refractivity contribution in [2.75, 3.05) is 0 Å². The summed E-state index contributed by atoms with van der Waals surface area (Å²) in [6.07, 6.45) is 3.73. The van der Waals surface area contributed by atoms with E-state index in [0.717, 1.165) is 5.56 Å². The van der Waals surface area contributed by atoms with Crippen molar-refractivity contribution in [3.8, 4) is 6.07 Å². The minimum atomic E-state index is -0.975. The molecule has 0 radical (unpaired) electrons. The van der Waals surface area contributed by atoms with Crippen LogP contribution in [0, 0.1) is 11.3 Å². The number of aromatic carboxylic acids is 1.